The van der Waals surface area contributed by atoms with Gasteiger partial charge in [-0.3, -0.25) is 15.3 Å². The second-order valence-electron chi connectivity index (χ2n) is 7.19. The summed E-state index contributed by atoms with van der Waals surface area (Å²) in [6.45, 7) is 3.65. The van der Waals surface area contributed by atoms with Crippen molar-refractivity contribution < 1.29 is 29.4 Å². The third kappa shape index (κ3) is 7.71. The highest BCUT2D eigenvalue weighted by Crippen LogP contribution is 2.39. The Morgan fingerprint density at radius 3 is 2.35 bits per heavy atom. The van der Waals surface area contributed by atoms with Crippen LogP contribution in [0.15, 0.2) is 65.2 Å². The van der Waals surface area contributed by atoms with Crippen LogP contribution in [-0.2, 0) is 9.53 Å². The van der Waals surface area contributed by atoms with E-state index >= 15 is 0 Å². The van der Waals surface area contributed by atoms with Gasteiger partial charge in [0.2, 0.25) is 0 Å². The molecule has 0 aliphatic carbocycles. The molecule has 0 aliphatic heterocycles. The van der Waals surface area contributed by atoms with Gasteiger partial charge in [0.05, 0.1) is 6.61 Å². The van der Waals surface area contributed by atoms with Crippen LogP contribution in [0.25, 0.3) is 0 Å². The SMILES string of the molecule is CC(C)(/C=C/C(=O)NO)[C@H](OC(=O)Nc1ccc(Br)cc1)c1ccc(OCCO)cc1. The van der Waals surface area contributed by atoms with Gasteiger partial charge in [-0.2, -0.15) is 0 Å². The van der Waals surface area contributed by atoms with Crippen molar-refractivity contribution >= 4 is 33.6 Å². The summed E-state index contributed by atoms with van der Waals surface area (Å²) >= 11 is 3.34. The molecule has 0 radical (unpaired) electrons. The first-order valence-electron chi connectivity index (χ1n) is 9.45. The molecule has 4 N–H and O–H groups in total. The number of benzene rings is 2. The predicted molar refractivity (Wildman–Crippen MR) is 119 cm³/mol. The molecular formula is C22H25BrN2O6. The molecule has 2 aromatic rings. The maximum Gasteiger partial charge on any atom is 0.412 e. The number of nitrogens with one attached hydrogen (secondary N) is 2. The average molecular weight is 493 g/mol. The number of hydrogen-bond acceptors (Lipinski definition) is 6. The van der Waals surface area contributed by atoms with Crippen molar-refractivity contribution in [2.75, 3.05) is 18.5 Å². The molecule has 0 aliphatic rings. The van der Waals surface area contributed by atoms with Crippen molar-refractivity contribution in [3.8, 4) is 5.75 Å². The van der Waals surface area contributed by atoms with E-state index in [4.69, 9.17) is 19.8 Å². The van der Waals surface area contributed by atoms with Gasteiger partial charge < -0.3 is 14.6 Å². The fourth-order valence-electron chi connectivity index (χ4n) is 2.75. The molecule has 0 saturated carbocycles. The van der Waals surface area contributed by atoms with Crippen LogP contribution in [0.1, 0.15) is 25.5 Å². The summed E-state index contributed by atoms with van der Waals surface area (Å²) in [5, 5.41) is 20.3. The minimum atomic E-state index is -0.808. The lowest BCUT2D eigenvalue weighted by Gasteiger charge is -2.31. The average Bonchev–Trinajstić information content (AvgIpc) is 2.76. The molecule has 1 atom stereocenters. The van der Waals surface area contributed by atoms with Gasteiger partial charge in [0, 0.05) is 21.7 Å². The van der Waals surface area contributed by atoms with Crippen LogP contribution in [-0.4, -0.2) is 35.5 Å². The summed E-state index contributed by atoms with van der Waals surface area (Å²) < 4.78 is 12.0. The number of aliphatic hydroxyl groups excluding tert-OH is 1. The van der Waals surface area contributed by atoms with E-state index in [1.54, 1.807) is 68.5 Å². The van der Waals surface area contributed by atoms with Gasteiger partial charge in [-0.25, -0.2) is 10.3 Å². The normalized spacial score (nSPS) is 12.3. The Hall–Kier alpha value is -2.88. The number of aliphatic hydroxyl groups is 1. The molecule has 8 nitrogen and oxygen atoms in total. The fraction of sp³-hybridized carbons (Fsp3) is 0.273. The van der Waals surface area contributed by atoms with Crippen LogP contribution < -0.4 is 15.5 Å². The zero-order chi connectivity index (χ0) is 22.9. The lowest BCUT2D eigenvalue weighted by molar-refractivity contribution is -0.124. The largest absolute Gasteiger partial charge is 0.491 e. The number of hydroxylamine groups is 1. The molecule has 31 heavy (non-hydrogen) atoms. The van der Waals surface area contributed by atoms with Crippen LogP contribution in [0.2, 0.25) is 0 Å². The van der Waals surface area contributed by atoms with Crippen molar-refractivity contribution in [3.63, 3.8) is 0 Å². The van der Waals surface area contributed by atoms with E-state index in [0.717, 1.165) is 4.47 Å². The Morgan fingerprint density at radius 1 is 1.13 bits per heavy atom. The quantitative estimate of drug-likeness (QED) is 0.236. The minimum Gasteiger partial charge on any atom is -0.491 e. The van der Waals surface area contributed by atoms with E-state index in [1.807, 2.05) is 0 Å². The Bertz CT molecular complexity index is 897. The first-order chi connectivity index (χ1) is 14.7. The molecule has 2 aromatic carbocycles. The van der Waals surface area contributed by atoms with Crippen molar-refractivity contribution in [3.05, 3.63) is 70.7 Å². The maximum atomic E-state index is 12.6. The van der Waals surface area contributed by atoms with E-state index in [0.29, 0.717) is 17.0 Å². The monoisotopic (exact) mass is 492 g/mol. The standard InChI is InChI=1S/C22H25BrN2O6/c1-22(2,12-11-19(27)25-29)20(15-3-9-18(10-4-15)30-14-13-26)31-21(28)24-17-7-5-16(23)6-8-17/h3-12,20,26,29H,13-14H2,1-2H3,(H,24,28)(H,25,27)/b12-11+/t20-/m1/s1. The lowest BCUT2D eigenvalue weighted by atomic mass is 9.82. The van der Waals surface area contributed by atoms with Gasteiger partial charge in [0.15, 0.2) is 0 Å². The molecule has 0 unspecified atom stereocenters. The summed E-state index contributed by atoms with van der Waals surface area (Å²) in [4.78, 5) is 24.0. The summed E-state index contributed by atoms with van der Waals surface area (Å²) in [5.74, 6) is -0.136. The van der Waals surface area contributed by atoms with Gasteiger partial charge in [-0.1, -0.05) is 48.0 Å². The number of ether oxygens (including phenoxy) is 2. The first-order valence-corrected chi connectivity index (χ1v) is 10.2. The van der Waals surface area contributed by atoms with E-state index in [2.05, 4.69) is 21.2 Å². The Kier molecular flexibility index (Phi) is 9.04. The maximum absolute atomic E-state index is 12.6. The minimum absolute atomic E-state index is 0.103. The third-order valence-electron chi connectivity index (χ3n) is 4.31. The molecule has 0 heterocycles. The molecule has 9 heteroatoms. The lowest BCUT2D eigenvalue weighted by Crippen LogP contribution is -2.28. The van der Waals surface area contributed by atoms with Gasteiger partial charge in [-0.15, -0.1) is 0 Å². The Morgan fingerprint density at radius 2 is 1.77 bits per heavy atom. The number of carbonyl (C=O) groups excluding carboxylic acids is 2. The number of amides is 2. The second kappa shape index (κ2) is 11.5. The number of hydrogen-bond donors (Lipinski definition) is 4. The van der Waals surface area contributed by atoms with Crippen LogP contribution >= 0.6 is 15.9 Å². The summed E-state index contributed by atoms with van der Waals surface area (Å²) in [5.41, 5.74) is 1.96. The van der Waals surface area contributed by atoms with Gasteiger partial charge in [0.1, 0.15) is 18.5 Å². The Balaban J connectivity index is 2.26. The van der Waals surface area contributed by atoms with Crippen LogP contribution in [0.4, 0.5) is 10.5 Å². The molecule has 0 spiro atoms. The predicted octanol–water partition coefficient (Wildman–Crippen LogP) is 4.20. The van der Waals surface area contributed by atoms with Gasteiger partial charge in [0.25, 0.3) is 5.91 Å². The highest BCUT2D eigenvalue weighted by molar-refractivity contribution is 9.10. The van der Waals surface area contributed by atoms with Crippen molar-refractivity contribution in [2.24, 2.45) is 5.41 Å². The summed E-state index contributed by atoms with van der Waals surface area (Å²) in [6, 6.07) is 13.9. The number of carbonyl (C=O) groups is 2. The van der Waals surface area contributed by atoms with Crippen molar-refractivity contribution in [2.45, 2.75) is 20.0 Å². The molecule has 0 fully saturated rings. The van der Waals surface area contributed by atoms with E-state index in [1.165, 1.54) is 11.6 Å². The molecular weight excluding hydrogens is 468 g/mol. The van der Waals surface area contributed by atoms with Crippen LogP contribution in [0, 0.1) is 5.41 Å². The van der Waals surface area contributed by atoms with Crippen molar-refractivity contribution in [1.82, 2.24) is 5.48 Å². The highest BCUT2D eigenvalue weighted by Gasteiger charge is 2.32. The molecule has 0 aromatic heterocycles. The first kappa shape index (κ1) is 24.4. The molecule has 2 rings (SSSR count). The molecule has 0 bridgehead atoms. The molecule has 2 amide bonds. The smallest absolute Gasteiger partial charge is 0.412 e. The van der Waals surface area contributed by atoms with Crippen molar-refractivity contribution in [1.29, 1.82) is 0 Å². The Labute approximate surface area is 189 Å². The summed E-state index contributed by atoms with van der Waals surface area (Å²) in [6.07, 6.45) is 1.28. The highest BCUT2D eigenvalue weighted by atomic mass is 79.9. The molecule has 0 saturated heterocycles. The zero-order valence-electron chi connectivity index (χ0n) is 17.2. The van der Waals surface area contributed by atoms with E-state index in [9.17, 15) is 9.59 Å². The summed E-state index contributed by atoms with van der Waals surface area (Å²) in [7, 11) is 0. The van der Waals surface area contributed by atoms with E-state index < -0.39 is 23.5 Å². The third-order valence-corrected chi connectivity index (χ3v) is 4.84. The number of halogens is 1. The molecule has 166 valence electrons. The zero-order valence-corrected chi connectivity index (χ0v) is 18.8. The number of rotatable bonds is 9. The van der Waals surface area contributed by atoms with E-state index in [-0.39, 0.29) is 13.2 Å². The van der Waals surface area contributed by atoms with Crippen LogP contribution in [0.5, 0.6) is 5.75 Å². The number of anilines is 1. The fourth-order valence-corrected chi connectivity index (χ4v) is 3.02. The van der Waals surface area contributed by atoms with Crippen LogP contribution in [0.3, 0.4) is 0 Å². The van der Waals surface area contributed by atoms with Gasteiger partial charge in [-0.05, 0) is 42.0 Å². The van der Waals surface area contributed by atoms with Gasteiger partial charge >= 0.3 is 6.09 Å². The topological polar surface area (TPSA) is 117 Å². The second-order valence-corrected chi connectivity index (χ2v) is 8.10.